The van der Waals surface area contributed by atoms with E-state index >= 15 is 0 Å². The summed E-state index contributed by atoms with van der Waals surface area (Å²) in [6, 6.07) is 12.5. The fraction of sp³-hybridized carbons (Fsp3) is 0.227. The quantitative estimate of drug-likeness (QED) is 0.722. The maximum absolute atomic E-state index is 13.2. The molecule has 1 aromatic heterocycles. The lowest BCUT2D eigenvalue weighted by molar-refractivity contribution is 0.0962. The Morgan fingerprint density at radius 2 is 1.74 bits per heavy atom. The highest BCUT2D eigenvalue weighted by Crippen LogP contribution is 2.32. The summed E-state index contributed by atoms with van der Waals surface area (Å²) in [5, 5.41) is 3.23. The number of aromatic nitrogens is 2. The van der Waals surface area contributed by atoms with E-state index in [2.05, 4.69) is 21.4 Å². The lowest BCUT2D eigenvalue weighted by Crippen LogP contribution is -2.21. The summed E-state index contributed by atoms with van der Waals surface area (Å²) >= 11 is 0. The minimum absolute atomic E-state index is 0.00886. The van der Waals surface area contributed by atoms with Crippen molar-refractivity contribution in [3.8, 4) is 0 Å². The molecule has 1 atom stereocenters. The number of carbonyl (C=O) groups excluding carboxylic acids is 1. The smallest absolute Gasteiger partial charge is 0.227 e. The van der Waals surface area contributed by atoms with E-state index in [4.69, 9.17) is 0 Å². The number of benzene rings is 2. The number of hydrogen-bond acceptors (Lipinski definition) is 4. The van der Waals surface area contributed by atoms with E-state index in [0.29, 0.717) is 24.4 Å². The van der Waals surface area contributed by atoms with Crippen molar-refractivity contribution in [1.82, 2.24) is 9.97 Å². The van der Waals surface area contributed by atoms with E-state index in [1.54, 1.807) is 18.3 Å². The van der Waals surface area contributed by atoms with E-state index in [0.717, 1.165) is 28.1 Å². The maximum atomic E-state index is 13.2. The molecule has 1 N–H and O–H groups in total. The van der Waals surface area contributed by atoms with Gasteiger partial charge < -0.3 is 5.32 Å². The number of nitrogens with zero attached hydrogens (tertiary/aromatic N) is 2. The Balaban J connectivity index is 1.61. The van der Waals surface area contributed by atoms with Crippen LogP contribution in [0.1, 0.15) is 45.1 Å². The van der Waals surface area contributed by atoms with E-state index in [-0.39, 0.29) is 17.5 Å². The van der Waals surface area contributed by atoms with Gasteiger partial charge >= 0.3 is 0 Å². The molecule has 3 aromatic rings. The third-order valence-electron chi connectivity index (χ3n) is 4.86. The number of anilines is 2. The number of aryl methyl sites for hydroxylation is 2. The Morgan fingerprint density at radius 1 is 1.04 bits per heavy atom. The van der Waals surface area contributed by atoms with Crippen molar-refractivity contribution in [1.29, 1.82) is 0 Å². The first-order chi connectivity index (χ1) is 13.0. The Hall–Kier alpha value is -3.08. The summed E-state index contributed by atoms with van der Waals surface area (Å²) in [4.78, 5) is 21.4. The number of fused-ring (bicyclic) bond motifs is 1. The molecule has 136 valence electrons. The number of Topliss-reactive ketones (excluding diaryl/α,β-unsaturated/α-hetero) is 1. The molecule has 0 aliphatic heterocycles. The van der Waals surface area contributed by atoms with Crippen molar-refractivity contribution in [2.75, 3.05) is 5.32 Å². The van der Waals surface area contributed by atoms with Crippen molar-refractivity contribution in [2.24, 2.45) is 0 Å². The summed E-state index contributed by atoms with van der Waals surface area (Å²) in [6.07, 6.45) is 2.64. The van der Waals surface area contributed by atoms with Crippen molar-refractivity contribution >= 4 is 17.4 Å². The van der Waals surface area contributed by atoms with Crippen molar-refractivity contribution in [2.45, 2.75) is 32.6 Å². The number of halogens is 1. The highest BCUT2D eigenvalue weighted by molar-refractivity contribution is 5.98. The van der Waals surface area contributed by atoms with E-state index in [9.17, 15) is 9.18 Å². The first kappa shape index (κ1) is 17.3. The van der Waals surface area contributed by atoms with Crippen LogP contribution in [0.15, 0.2) is 48.7 Å². The van der Waals surface area contributed by atoms with Gasteiger partial charge in [0.05, 0.1) is 11.3 Å². The fourth-order valence-electron chi connectivity index (χ4n) is 3.65. The lowest BCUT2D eigenvalue weighted by Gasteiger charge is -2.23. The zero-order valence-electron chi connectivity index (χ0n) is 15.3. The van der Waals surface area contributed by atoms with Crippen LogP contribution in [0, 0.1) is 19.7 Å². The van der Waals surface area contributed by atoms with Crippen LogP contribution < -0.4 is 5.32 Å². The molecule has 4 nitrogen and oxygen atoms in total. The Kier molecular flexibility index (Phi) is 4.44. The van der Waals surface area contributed by atoms with Gasteiger partial charge in [-0.1, -0.05) is 18.2 Å². The van der Waals surface area contributed by atoms with Gasteiger partial charge in [0, 0.05) is 18.3 Å². The molecule has 27 heavy (non-hydrogen) atoms. The van der Waals surface area contributed by atoms with E-state index < -0.39 is 0 Å². The van der Waals surface area contributed by atoms with Gasteiger partial charge in [0.2, 0.25) is 5.95 Å². The third kappa shape index (κ3) is 3.72. The Morgan fingerprint density at radius 3 is 2.44 bits per heavy atom. The minimum Gasteiger partial charge on any atom is -0.324 e. The first-order valence-corrected chi connectivity index (χ1v) is 8.98. The van der Waals surface area contributed by atoms with E-state index in [1.807, 2.05) is 26.0 Å². The fourth-order valence-corrected chi connectivity index (χ4v) is 3.65. The summed E-state index contributed by atoms with van der Waals surface area (Å²) in [6.45, 7) is 4.08. The normalized spacial score (nSPS) is 16.1. The van der Waals surface area contributed by atoms with Gasteiger partial charge in [0.15, 0.2) is 5.78 Å². The molecule has 1 aliphatic rings. The zero-order chi connectivity index (χ0) is 19.0. The van der Waals surface area contributed by atoms with Gasteiger partial charge in [-0.3, -0.25) is 4.79 Å². The topological polar surface area (TPSA) is 54.9 Å². The lowest BCUT2D eigenvalue weighted by atomic mass is 9.82. The average molecular weight is 361 g/mol. The van der Waals surface area contributed by atoms with Gasteiger partial charge in [0.1, 0.15) is 5.82 Å². The largest absolute Gasteiger partial charge is 0.324 e. The van der Waals surface area contributed by atoms with Crippen LogP contribution in [-0.4, -0.2) is 15.8 Å². The van der Waals surface area contributed by atoms with Crippen LogP contribution >= 0.6 is 0 Å². The molecule has 0 fully saturated rings. The molecule has 0 saturated carbocycles. The zero-order valence-corrected chi connectivity index (χ0v) is 15.3. The van der Waals surface area contributed by atoms with Crippen LogP contribution in [0.2, 0.25) is 0 Å². The molecular weight excluding hydrogens is 341 g/mol. The van der Waals surface area contributed by atoms with Gasteiger partial charge in [0.25, 0.3) is 0 Å². The predicted octanol–water partition coefficient (Wildman–Crippen LogP) is 4.89. The van der Waals surface area contributed by atoms with Crippen LogP contribution in [-0.2, 0) is 6.42 Å². The summed E-state index contributed by atoms with van der Waals surface area (Å²) in [5.74, 6) is 0.243. The molecule has 5 heteroatoms. The maximum Gasteiger partial charge on any atom is 0.227 e. The molecule has 0 spiro atoms. The number of hydrogen-bond donors (Lipinski definition) is 1. The van der Waals surface area contributed by atoms with E-state index in [1.165, 1.54) is 12.1 Å². The highest BCUT2D eigenvalue weighted by Gasteiger charge is 2.28. The molecule has 1 heterocycles. The van der Waals surface area contributed by atoms with Gasteiger partial charge in [-0.2, -0.15) is 0 Å². The van der Waals surface area contributed by atoms with Crippen LogP contribution in [0.3, 0.4) is 0 Å². The monoisotopic (exact) mass is 361 g/mol. The van der Waals surface area contributed by atoms with Crippen LogP contribution in [0.25, 0.3) is 0 Å². The minimum atomic E-state index is -0.274. The third-order valence-corrected chi connectivity index (χ3v) is 4.86. The summed E-state index contributed by atoms with van der Waals surface area (Å²) < 4.78 is 13.2. The number of nitrogens with one attached hydrogen (secondary N) is 1. The van der Waals surface area contributed by atoms with Gasteiger partial charge in [-0.25, -0.2) is 14.4 Å². The summed E-state index contributed by atoms with van der Waals surface area (Å²) in [7, 11) is 0. The molecule has 0 saturated heterocycles. The summed E-state index contributed by atoms with van der Waals surface area (Å²) in [5.41, 5.74) is 5.51. The second kappa shape index (κ2) is 6.91. The molecule has 1 aliphatic carbocycles. The van der Waals surface area contributed by atoms with Crippen molar-refractivity contribution in [3.05, 3.63) is 82.4 Å². The molecular formula is C22H20FN3O. The second-order valence-corrected chi connectivity index (χ2v) is 7.14. The van der Waals surface area contributed by atoms with Crippen LogP contribution in [0.5, 0.6) is 0 Å². The number of carbonyl (C=O) groups is 1. The SMILES string of the molecule is Cc1cc(C)cc(Nc2ncc3c(n2)CC(c2ccc(F)cc2)CC3=O)c1. The average Bonchev–Trinajstić information content (AvgIpc) is 2.61. The van der Waals surface area contributed by atoms with Crippen molar-refractivity contribution in [3.63, 3.8) is 0 Å². The second-order valence-electron chi connectivity index (χ2n) is 7.14. The molecule has 0 bridgehead atoms. The molecule has 1 unspecified atom stereocenters. The molecule has 0 amide bonds. The first-order valence-electron chi connectivity index (χ1n) is 8.98. The molecule has 4 rings (SSSR count). The molecule has 2 aromatic carbocycles. The Bertz CT molecular complexity index is 994. The highest BCUT2D eigenvalue weighted by atomic mass is 19.1. The Labute approximate surface area is 157 Å². The standard InChI is InChI=1S/C22H20FN3O/c1-13-7-14(2)9-18(8-13)25-22-24-12-19-20(26-22)10-16(11-21(19)27)15-3-5-17(23)6-4-15/h3-9,12,16H,10-11H2,1-2H3,(H,24,25,26). The van der Waals surface area contributed by atoms with Gasteiger partial charge in [-0.05, 0) is 67.1 Å². The van der Waals surface area contributed by atoms with Crippen LogP contribution in [0.4, 0.5) is 16.0 Å². The molecule has 0 radical (unpaired) electrons. The number of ketones is 1. The number of rotatable bonds is 3. The predicted molar refractivity (Wildman–Crippen MR) is 103 cm³/mol. The van der Waals surface area contributed by atoms with Gasteiger partial charge in [-0.15, -0.1) is 0 Å². The van der Waals surface area contributed by atoms with Crippen molar-refractivity contribution < 1.29 is 9.18 Å².